The van der Waals surface area contributed by atoms with Crippen LogP contribution in [0, 0.1) is 5.92 Å². The van der Waals surface area contributed by atoms with Gasteiger partial charge in [0.05, 0.1) is 5.02 Å². The molecule has 0 radical (unpaired) electrons. The van der Waals surface area contributed by atoms with E-state index in [1.807, 2.05) is 13.1 Å². The standard InChI is InChI=1S/C13H17BrClN/c1-16-13(9-4-2-3-5-9)10-6-7-12(15)11(14)8-10/h6-9,13,16H,2-5H2,1H3. The summed E-state index contributed by atoms with van der Waals surface area (Å²) in [4.78, 5) is 0. The zero-order valence-electron chi connectivity index (χ0n) is 9.47. The van der Waals surface area contributed by atoms with Crippen LogP contribution in [0.1, 0.15) is 37.3 Å². The summed E-state index contributed by atoms with van der Waals surface area (Å²) in [6.07, 6.45) is 5.42. The van der Waals surface area contributed by atoms with Crippen LogP contribution in [-0.4, -0.2) is 7.05 Å². The Morgan fingerprint density at radius 1 is 1.38 bits per heavy atom. The summed E-state index contributed by atoms with van der Waals surface area (Å²) in [5.41, 5.74) is 1.34. The molecule has 1 nitrogen and oxygen atoms in total. The van der Waals surface area contributed by atoms with Crippen molar-refractivity contribution in [3.8, 4) is 0 Å². The number of hydrogen-bond donors (Lipinski definition) is 1. The van der Waals surface area contributed by atoms with Gasteiger partial charge in [0, 0.05) is 10.5 Å². The van der Waals surface area contributed by atoms with Gasteiger partial charge in [-0.3, -0.25) is 0 Å². The fourth-order valence-electron chi connectivity index (χ4n) is 2.67. The first-order valence-corrected chi connectivity index (χ1v) is 7.01. The van der Waals surface area contributed by atoms with E-state index in [9.17, 15) is 0 Å². The van der Waals surface area contributed by atoms with Crippen LogP contribution in [0.2, 0.25) is 5.02 Å². The highest BCUT2D eigenvalue weighted by Crippen LogP contribution is 2.37. The highest BCUT2D eigenvalue weighted by molar-refractivity contribution is 9.10. The van der Waals surface area contributed by atoms with Crippen LogP contribution < -0.4 is 5.32 Å². The fourth-order valence-corrected chi connectivity index (χ4v) is 3.19. The van der Waals surface area contributed by atoms with Gasteiger partial charge in [-0.05, 0) is 59.4 Å². The van der Waals surface area contributed by atoms with Gasteiger partial charge >= 0.3 is 0 Å². The molecular formula is C13H17BrClN. The van der Waals surface area contributed by atoms with Crippen molar-refractivity contribution >= 4 is 27.5 Å². The lowest BCUT2D eigenvalue weighted by Gasteiger charge is -2.23. The molecule has 2 rings (SSSR count). The molecule has 0 amide bonds. The average Bonchev–Trinajstić information content (AvgIpc) is 2.78. The van der Waals surface area contributed by atoms with Crippen LogP contribution in [0.25, 0.3) is 0 Å². The second-order valence-corrected chi connectivity index (χ2v) is 5.75. The Labute approximate surface area is 111 Å². The first-order valence-electron chi connectivity index (χ1n) is 5.84. The van der Waals surface area contributed by atoms with Crippen LogP contribution in [-0.2, 0) is 0 Å². The number of nitrogens with one attached hydrogen (secondary N) is 1. The molecule has 1 aromatic carbocycles. The van der Waals surface area contributed by atoms with Crippen LogP contribution >= 0.6 is 27.5 Å². The molecule has 1 atom stereocenters. The smallest absolute Gasteiger partial charge is 0.0548 e. The minimum absolute atomic E-state index is 0.469. The Hall–Kier alpha value is -0.0500. The molecule has 0 saturated heterocycles. The minimum Gasteiger partial charge on any atom is -0.313 e. The second-order valence-electron chi connectivity index (χ2n) is 4.48. The van der Waals surface area contributed by atoms with E-state index in [0.29, 0.717) is 6.04 Å². The zero-order chi connectivity index (χ0) is 11.5. The van der Waals surface area contributed by atoms with E-state index in [2.05, 4.69) is 33.4 Å². The predicted octanol–water partition coefficient (Wildman–Crippen LogP) is 4.55. The fraction of sp³-hybridized carbons (Fsp3) is 0.538. The van der Waals surface area contributed by atoms with E-state index in [4.69, 9.17) is 11.6 Å². The number of hydrogen-bond acceptors (Lipinski definition) is 1. The third-order valence-electron chi connectivity index (χ3n) is 3.49. The van der Waals surface area contributed by atoms with Crippen molar-refractivity contribution in [1.82, 2.24) is 5.32 Å². The molecule has 88 valence electrons. The monoisotopic (exact) mass is 301 g/mol. The molecule has 1 aliphatic rings. The largest absolute Gasteiger partial charge is 0.313 e. The van der Waals surface area contributed by atoms with E-state index in [0.717, 1.165) is 15.4 Å². The van der Waals surface area contributed by atoms with Gasteiger partial charge < -0.3 is 5.32 Å². The van der Waals surface area contributed by atoms with Crippen molar-refractivity contribution in [2.24, 2.45) is 5.92 Å². The van der Waals surface area contributed by atoms with Crippen LogP contribution in [0.4, 0.5) is 0 Å². The van der Waals surface area contributed by atoms with E-state index < -0.39 is 0 Å². The third-order valence-corrected chi connectivity index (χ3v) is 4.70. The highest BCUT2D eigenvalue weighted by Gasteiger charge is 2.25. The normalized spacial score (nSPS) is 18.9. The van der Waals surface area contributed by atoms with E-state index in [1.54, 1.807) is 0 Å². The SMILES string of the molecule is CNC(c1ccc(Cl)c(Br)c1)C1CCCC1. The summed E-state index contributed by atoms with van der Waals surface area (Å²) in [5, 5.41) is 4.23. The van der Waals surface area contributed by atoms with Crippen LogP contribution in [0.5, 0.6) is 0 Å². The van der Waals surface area contributed by atoms with Gasteiger partial charge in [0.1, 0.15) is 0 Å². The van der Waals surface area contributed by atoms with Gasteiger partial charge in [-0.25, -0.2) is 0 Å². The average molecular weight is 303 g/mol. The molecule has 0 aromatic heterocycles. The maximum Gasteiger partial charge on any atom is 0.0548 e. The van der Waals surface area contributed by atoms with Crippen molar-refractivity contribution < 1.29 is 0 Å². The van der Waals surface area contributed by atoms with Gasteiger partial charge in [0.2, 0.25) is 0 Å². The Bertz CT molecular complexity index is 361. The van der Waals surface area contributed by atoms with E-state index >= 15 is 0 Å². The van der Waals surface area contributed by atoms with Gasteiger partial charge in [0.25, 0.3) is 0 Å². The van der Waals surface area contributed by atoms with Crippen LogP contribution in [0.3, 0.4) is 0 Å². The number of halogens is 2. The van der Waals surface area contributed by atoms with Crippen molar-refractivity contribution in [3.63, 3.8) is 0 Å². The topological polar surface area (TPSA) is 12.0 Å². The molecule has 1 saturated carbocycles. The first kappa shape index (κ1) is 12.4. The number of rotatable bonds is 3. The summed E-state index contributed by atoms with van der Waals surface area (Å²) < 4.78 is 0.991. The Morgan fingerprint density at radius 2 is 2.06 bits per heavy atom. The Balaban J connectivity index is 2.22. The second kappa shape index (κ2) is 5.52. The summed E-state index contributed by atoms with van der Waals surface area (Å²) in [7, 11) is 2.05. The molecule has 0 heterocycles. The molecule has 1 aromatic rings. The maximum atomic E-state index is 6.02. The molecule has 1 aliphatic carbocycles. The van der Waals surface area contributed by atoms with Crippen molar-refractivity contribution in [2.75, 3.05) is 7.05 Å². The Morgan fingerprint density at radius 3 is 2.62 bits per heavy atom. The summed E-state index contributed by atoms with van der Waals surface area (Å²) in [6.45, 7) is 0. The van der Waals surface area contributed by atoms with Gasteiger partial charge in [-0.15, -0.1) is 0 Å². The van der Waals surface area contributed by atoms with Crippen molar-refractivity contribution in [2.45, 2.75) is 31.7 Å². The zero-order valence-corrected chi connectivity index (χ0v) is 11.8. The lowest BCUT2D eigenvalue weighted by atomic mass is 9.92. The van der Waals surface area contributed by atoms with Crippen LogP contribution in [0.15, 0.2) is 22.7 Å². The lowest BCUT2D eigenvalue weighted by molar-refractivity contribution is 0.390. The lowest BCUT2D eigenvalue weighted by Crippen LogP contribution is -2.23. The predicted molar refractivity (Wildman–Crippen MR) is 72.9 cm³/mol. The van der Waals surface area contributed by atoms with E-state index in [-0.39, 0.29) is 0 Å². The first-order chi connectivity index (χ1) is 7.72. The minimum atomic E-state index is 0.469. The molecule has 1 fully saturated rings. The van der Waals surface area contributed by atoms with Crippen molar-refractivity contribution in [1.29, 1.82) is 0 Å². The quantitative estimate of drug-likeness (QED) is 0.863. The molecular weight excluding hydrogens is 286 g/mol. The Kier molecular flexibility index (Phi) is 4.28. The van der Waals surface area contributed by atoms with Gasteiger partial charge in [0.15, 0.2) is 0 Å². The molecule has 0 aliphatic heterocycles. The molecule has 0 spiro atoms. The summed E-state index contributed by atoms with van der Waals surface area (Å²) in [5.74, 6) is 0.776. The summed E-state index contributed by atoms with van der Waals surface area (Å²) >= 11 is 9.51. The molecule has 16 heavy (non-hydrogen) atoms. The molecule has 1 unspecified atom stereocenters. The molecule has 3 heteroatoms. The van der Waals surface area contributed by atoms with Crippen molar-refractivity contribution in [3.05, 3.63) is 33.3 Å². The summed E-state index contributed by atoms with van der Waals surface area (Å²) in [6, 6.07) is 6.71. The van der Waals surface area contributed by atoms with Gasteiger partial charge in [-0.1, -0.05) is 30.5 Å². The van der Waals surface area contributed by atoms with E-state index in [1.165, 1.54) is 31.2 Å². The van der Waals surface area contributed by atoms with Gasteiger partial charge in [-0.2, -0.15) is 0 Å². The molecule has 0 bridgehead atoms. The maximum absolute atomic E-state index is 6.02. The highest BCUT2D eigenvalue weighted by atomic mass is 79.9. The third kappa shape index (κ3) is 2.61. The number of benzene rings is 1. The molecule has 1 N–H and O–H groups in total.